The third kappa shape index (κ3) is 3.68. The van der Waals surface area contributed by atoms with Crippen molar-refractivity contribution in [2.75, 3.05) is 6.54 Å². The molecule has 3 N–H and O–H groups in total. The van der Waals surface area contributed by atoms with Gasteiger partial charge in [0.05, 0.1) is 6.10 Å². The highest BCUT2D eigenvalue weighted by atomic mass is 16.4. The third-order valence-electron chi connectivity index (χ3n) is 3.97. The Labute approximate surface area is 103 Å². The molecule has 1 fully saturated rings. The minimum Gasteiger partial charge on any atom is -0.480 e. The fourth-order valence-electron chi connectivity index (χ4n) is 2.61. The summed E-state index contributed by atoms with van der Waals surface area (Å²) >= 11 is 0. The molecule has 1 rings (SSSR count). The standard InChI is InChI=1S/C13H25NO3/c1-9(2)11-4-6-13(7-5-11,12(16)17)14-8-10(3)15/h9-11,14-15H,4-8H2,1-3H3,(H,16,17). The second-order valence-corrected chi connectivity index (χ2v) is 5.70. The molecule has 0 amide bonds. The predicted octanol–water partition coefficient (Wildman–Crippen LogP) is 1.63. The van der Waals surface area contributed by atoms with Crippen molar-refractivity contribution in [3.8, 4) is 0 Å². The van der Waals surface area contributed by atoms with E-state index in [-0.39, 0.29) is 0 Å². The van der Waals surface area contributed by atoms with Gasteiger partial charge in [-0.1, -0.05) is 13.8 Å². The highest BCUT2D eigenvalue weighted by Crippen LogP contribution is 2.36. The first-order valence-electron chi connectivity index (χ1n) is 6.54. The number of aliphatic hydroxyl groups excluding tert-OH is 1. The molecule has 0 aromatic carbocycles. The molecule has 4 nitrogen and oxygen atoms in total. The van der Waals surface area contributed by atoms with Crippen molar-refractivity contribution in [3.05, 3.63) is 0 Å². The van der Waals surface area contributed by atoms with Crippen LogP contribution in [0, 0.1) is 11.8 Å². The van der Waals surface area contributed by atoms with Crippen LogP contribution in [0.5, 0.6) is 0 Å². The second-order valence-electron chi connectivity index (χ2n) is 5.70. The third-order valence-corrected chi connectivity index (χ3v) is 3.97. The summed E-state index contributed by atoms with van der Waals surface area (Å²) in [5, 5.41) is 21.7. The number of aliphatic carboxylic acids is 1. The SMILES string of the molecule is CC(O)CNC1(C(=O)O)CCC(C(C)C)CC1. The molecule has 1 unspecified atom stereocenters. The maximum Gasteiger partial charge on any atom is 0.323 e. The molecule has 0 bridgehead atoms. The molecule has 0 aromatic heterocycles. The molecule has 1 aliphatic rings. The normalized spacial score (nSPS) is 31.5. The number of rotatable bonds is 5. The van der Waals surface area contributed by atoms with Crippen LogP contribution in [0.15, 0.2) is 0 Å². The van der Waals surface area contributed by atoms with Crippen molar-refractivity contribution < 1.29 is 15.0 Å². The molecule has 0 aromatic rings. The molecule has 17 heavy (non-hydrogen) atoms. The molecule has 100 valence electrons. The van der Waals surface area contributed by atoms with E-state index in [2.05, 4.69) is 19.2 Å². The van der Waals surface area contributed by atoms with Gasteiger partial charge < -0.3 is 10.2 Å². The fraction of sp³-hybridized carbons (Fsp3) is 0.923. The zero-order valence-electron chi connectivity index (χ0n) is 11.1. The van der Waals surface area contributed by atoms with Gasteiger partial charge in [0.1, 0.15) is 5.54 Å². The Morgan fingerprint density at radius 2 is 1.88 bits per heavy atom. The fourth-order valence-corrected chi connectivity index (χ4v) is 2.61. The van der Waals surface area contributed by atoms with Gasteiger partial charge >= 0.3 is 5.97 Å². The largest absolute Gasteiger partial charge is 0.480 e. The van der Waals surface area contributed by atoms with Crippen molar-refractivity contribution in [3.63, 3.8) is 0 Å². The second kappa shape index (κ2) is 5.83. The van der Waals surface area contributed by atoms with E-state index in [9.17, 15) is 15.0 Å². The molecule has 0 heterocycles. The molecule has 0 spiro atoms. The number of hydrogen-bond donors (Lipinski definition) is 3. The summed E-state index contributed by atoms with van der Waals surface area (Å²) in [5.41, 5.74) is -0.817. The monoisotopic (exact) mass is 243 g/mol. The Morgan fingerprint density at radius 1 is 1.35 bits per heavy atom. The highest BCUT2D eigenvalue weighted by molar-refractivity contribution is 5.78. The molecule has 1 saturated carbocycles. The molecular formula is C13H25NO3. The number of nitrogens with one attached hydrogen (secondary N) is 1. The first kappa shape index (κ1) is 14.5. The first-order valence-corrected chi connectivity index (χ1v) is 6.54. The summed E-state index contributed by atoms with van der Waals surface area (Å²) in [6.45, 7) is 6.41. The van der Waals surface area contributed by atoms with E-state index >= 15 is 0 Å². The first-order chi connectivity index (χ1) is 7.87. The summed E-state index contributed by atoms with van der Waals surface area (Å²) in [4.78, 5) is 11.4. The Kier molecular flexibility index (Phi) is 4.95. The van der Waals surface area contributed by atoms with Crippen molar-refractivity contribution in [2.24, 2.45) is 11.8 Å². The predicted molar refractivity (Wildman–Crippen MR) is 66.8 cm³/mol. The summed E-state index contributed by atoms with van der Waals surface area (Å²) in [6.07, 6.45) is 2.73. The lowest BCUT2D eigenvalue weighted by atomic mass is 9.72. The minimum atomic E-state index is -0.817. The molecular weight excluding hydrogens is 218 g/mol. The van der Waals surface area contributed by atoms with Gasteiger partial charge in [0, 0.05) is 6.54 Å². The Morgan fingerprint density at radius 3 is 2.24 bits per heavy atom. The summed E-state index contributed by atoms with van der Waals surface area (Å²) in [6, 6.07) is 0. The van der Waals surface area contributed by atoms with Crippen LogP contribution in [0.2, 0.25) is 0 Å². The maximum atomic E-state index is 11.4. The number of aliphatic hydroxyl groups is 1. The highest BCUT2D eigenvalue weighted by Gasteiger charge is 2.42. The van der Waals surface area contributed by atoms with Gasteiger partial charge in [-0.15, -0.1) is 0 Å². The van der Waals surface area contributed by atoms with Crippen LogP contribution < -0.4 is 5.32 Å². The van der Waals surface area contributed by atoms with Crippen molar-refractivity contribution in [2.45, 2.75) is 58.1 Å². The molecule has 0 saturated heterocycles. The van der Waals surface area contributed by atoms with E-state index in [4.69, 9.17) is 0 Å². The van der Waals surface area contributed by atoms with Crippen LogP contribution in [0.25, 0.3) is 0 Å². The van der Waals surface area contributed by atoms with Gasteiger partial charge in [0.15, 0.2) is 0 Å². The lowest BCUT2D eigenvalue weighted by Gasteiger charge is -2.39. The quantitative estimate of drug-likeness (QED) is 0.686. The van der Waals surface area contributed by atoms with Crippen molar-refractivity contribution in [1.29, 1.82) is 0 Å². The Bertz CT molecular complexity index is 255. The van der Waals surface area contributed by atoms with E-state index in [0.717, 1.165) is 12.8 Å². The van der Waals surface area contributed by atoms with Crippen molar-refractivity contribution in [1.82, 2.24) is 5.32 Å². The molecule has 1 atom stereocenters. The van der Waals surface area contributed by atoms with Crippen LogP contribution in [0.4, 0.5) is 0 Å². The summed E-state index contributed by atoms with van der Waals surface area (Å²) < 4.78 is 0. The van der Waals surface area contributed by atoms with E-state index < -0.39 is 17.6 Å². The van der Waals surface area contributed by atoms with E-state index in [0.29, 0.717) is 31.2 Å². The van der Waals surface area contributed by atoms with E-state index in [1.54, 1.807) is 6.92 Å². The zero-order chi connectivity index (χ0) is 13.1. The van der Waals surface area contributed by atoms with Crippen LogP contribution in [-0.2, 0) is 4.79 Å². The summed E-state index contributed by atoms with van der Waals surface area (Å²) in [7, 11) is 0. The molecule has 0 aliphatic heterocycles. The van der Waals surface area contributed by atoms with Crippen LogP contribution in [-0.4, -0.2) is 34.4 Å². The van der Waals surface area contributed by atoms with Crippen LogP contribution >= 0.6 is 0 Å². The Balaban J connectivity index is 2.60. The number of β-amino-alcohol motifs (C(OH)–C–C–N with tert-alkyl or cyclic N) is 1. The lowest BCUT2D eigenvalue weighted by Crippen LogP contribution is -2.56. The lowest BCUT2D eigenvalue weighted by molar-refractivity contribution is -0.147. The average molecular weight is 243 g/mol. The Hall–Kier alpha value is -0.610. The van der Waals surface area contributed by atoms with Gasteiger partial charge in [-0.25, -0.2) is 0 Å². The number of carboxylic acid groups (broad SMARTS) is 1. The maximum absolute atomic E-state index is 11.4. The topological polar surface area (TPSA) is 69.6 Å². The van der Waals surface area contributed by atoms with Gasteiger partial charge in [-0.05, 0) is 44.4 Å². The average Bonchev–Trinajstić information content (AvgIpc) is 2.26. The number of carbonyl (C=O) groups is 1. The summed E-state index contributed by atoms with van der Waals surface area (Å²) in [5.74, 6) is 0.481. The number of hydrogen-bond acceptors (Lipinski definition) is 3. The zero-order valence-corrected chi connectivity index (χ0v) is 11.1. The minimum absolute atomic E-state index is 0.346. The van der Waals surface area contributed by atoms with Crippen LogP contribution in [0.3, 0.4) is 0 Å². The van der Waals surface area contributed by atoms with Crippen LogP contribution in [0.1, 0.15) is 46.5 Å². The molecule has 1 aliphatic carbocycles. The van der Waals surface area contributed by atoms with E-state index in [1.165, 1.54) is 0 Å². The van der Waals surface area contributed by atoms with Crippen molar-refractivity contribution >= 4 is 5.97 Å². The number of carboxylic acids is 1. The van der Waals surface area contributed by atoms with Gasteiger partial charge in [0.25, 0.3) is 0 Å². The van der Waals surface area contributed by atoms with Gasteiger partial charge in [-0.2, -0.15) is 0 Å². The molecule has 0 radical (unpaired) electrons. The molecule has 4 heteroatoms. The van der Waals surface area contributed by atoms with E-state index in [1.807, 2.05) is 0 Å². The van der Waals surface area contributed by atoms with Gasteiger partial charge in [0.2, 0.25) is 0 Å². The smallest absolute Gasteiger partial charge is 0.323 e. The van der Waals surface area contributed by atoms with Gasteiger partial charge in [-0.3, -0.25) is 10.1 Å².